The third-order valence-corrected chi connectivity index (χ3v) is 10.4. The van der Waals surface area contributed by atoms with Crippen molar-refractivity contribution >= 4 is 43.5 Å². The molecule has 0 spiro atoms. The Kier molecular flexibility index (Phi) is 19.0. The first-order valence-electron chi connectivity index (χ1n) is 18.5. The van der Waals surface area contributed by atoms with Crippen molar-refractivity contribution in [3.8, 4) is 5.75 Å². The highest BCUT2D eigenvalue weighted by molar-refractivity contribution is 9.10. The fourth-order valence-electron chi connectivity index (χ4n) is 5.95. The van der Waals surface area contributed by atoms with Crippen LogP contribution in [0.25, 0.3) is 0 Å². The smallest absolute Gasteiger partial charge is 0.186 e. The van der Waals surface area contributed by atoms with Gasteiger partial charge in [-0.1, -0.05) is 94.3 Å². The van der Waals surface area contributed by atoms with Crippen LogP contribution in [0, 0.1) is 12.1 Å². The van der Waals surface area contributed by atoms with Crippen LogP contribution < -0.4 is 4.74 Å². The second kappa shape index (κ2) is 24.1. The molecule has 5 rings (SSSR count). The first kappa shape index (κ1) is 43.3. The normalized spacial score (nSPS) is 19.8. The van der Waals surface area contributed by atoms with E-state index in [1.54, 1.807) is 14.2 Å². The van der Waals surface area contributed by atoms with Crippen molar-refractivity contribution < 1.29 is 37.9 Å². The van der Waals surface area contributed by atoms with Gasteiger partial charge in [-0.3, -0.25) is 0 Å². The highest BCUT2D eigenvalue weighted by Crippen LogP contribution is 2.33. The van der Waals surface area contributed by atoms with Crippen LogP contribution in [-0.2, 0) is 59.6 Å². The highest BCUT2D eigenvalue weighted by atomic mass is 79.9. The summed E-state index contributed by atoms with van der Waals surface area (Å²) in [7, 11) is 3.38. The van der Waals surface area contributed by atoms with Crippen molar-refractivity contribution in [2.24, 2.45) is 0 Å². The van der Waals surface area contributed by atoms with Crippen molar-refractivity contribution in [3.63, 3.8) is 0 Å². The van der Waals surface area contributed by atoms with Crippen LogP contribution in [0.4, 0.5) is 0 Å². The van der Waals surface area contributed by atoms with E-state index < -0.39 is 30.7 Å². The van der Waals surface area contributed by atoms with E-state index in [1.807, 2.05) is 84.9 Å². The molecule has 4 aromatic rings. The highest BCUT2D eigenvalue weighted by Gasteiger charge is 2.49. The second-order valence-corrected chi connectivity index (χ2v) is 15.2. The zero-order valence-electron chi connectivity index (χ0n) is 31.3. The quantitative estimate of drug-likeness (QED) is 0.0539. The molecule has 1 aliphatic rings. The number of halogens is 3. The molecule has 11 heteroatoms. The molecule has 0 saturated carbocycles. The molecule has 0 aromatic heterocycles. The summed E-state index contributed by atoms with van der Waals surface area (Å²) in [6, 6.07) is 33.4. The maximum atomic E-state index is 6.86. The van der Waals surface area contributed by atoms with Crippen molar-refractivity contribution in [3.05, 3.63) is 145 Å². The lowest BCUT2D eigenvalue weighted by Crippen LogP contribution is -2.61. The van der Waals surface area contributed by atoms with Crippen molar-refractivity contribution in [2.75, 3.05) is 34.0 Å². The van der Waals surface area contributed by atoms with E-state index in [2.05, 4.69) is 56.1 Å². The molecule has 0 N–H and O–H groups in total. The van der Waals surface area contributed by atoms with Crippen LogP contribution in [0.3, 0.4) is 0 Å². The van der Waals surface area contributed by atoms with Gasteiger partial charge in [-0.2, -0.15) is 0 Å². The molecule has 55 heavy (non-hydrogen) atoms. The van der Waals surface area contributed by atoms with Gasteiger partial charge in [-0.25, -0.2) is 0 Å². The van der Waals surface area contributed by atoms with E-state index >= 15 is 0 Å². The Morgan fingerprint density at radius 2 is 1.36 bits per heavy atom. The van der Waals surface area contributed by atoms with Crippen LogP contribution in [-0.4, -0.2) is 64.7 Å². The number of rotatable bonds is 23. The molecule has 8 nitrogen and oxygen atoms in total. The lowest BCUT2D eigenvalue weighted by Gasteiger charge is -2.46. The van der Waals surface area contributed by atoms with Gasteiger partial charge < -0.3 is 37.9 Å². The number of unbranched alkanes of at least 4 members (excludes halogenated alkanes) is 2. The molecular weight excluding hydrogens is 852 g/mol. The van der Waals surface area contributed by atoms with Gasteiger partial charge >= 0.3 is 0 Å². The van der Waals surface area contributed by atoms with Gasteiger partial charge in [0.1, 0.15) is 30.2 Å². The van der Waals surface area contributed by atoms with Crippen molar-refractivity contribution in [2.45, 2.75) is 82.8 Å². The Bertz CT molecular complexity index is 1690. The van der Waals surface area contributed by atoms with Gasteiger partial charge in [0.2, 0.25) is 0 Å². The fourth-order valence-corrected chi connectivity index (χ4v) is 6.71. The van der Waals surface area contributed by atoms with Crippen molar-refractivity contribution in [1.29, 1.82) is 0 Å². The van der Waals surface area contributed by atoms with Gasteiger partial charge in [0.15, 0.2) is 6.29 Å². The Hall–Kier alpha value is -2.79. The molecule has 1 fully saturated rings. The molecule has 1 aliphatic heterocycles. The monoisotopic (exact) mass is 898 g/mol. The summed E-state index contributed by atoms with van der Waals surface area (Å²) in [6.45, 7) is 2.61. The Morgan fingerprint density at radius 1 is 0.691 bits per heavy atom. The summed E-state index contributed by atoms with van der Waals surface area (Å²) in [6.07, 6.45) is 4.83. The molecule has 0 radical (unpaired) electrons. The summed E-state index contributed by atoms with van der Waals surface area (Å²) < 4.78 is 52.3. The number of allylic oxidation sites excluding steroid dienone is 2. The van der Waals surface area contributed by atoms with E-state index in [9.17, 15) is 0 Å². The largest absolute Gasteiger partial charge is 0.497 e. The summed E-state index contributed by atoms with van der Waals surface area (Å²) >= 11 is 13.3. The zero-order valence-corrected chi connectivity index (χ0v) is 35.2. The van der Waals surface area contributed by atoms with E-state index in [0.717, 1.165) is 69.2 Å². The number of ether oxygens (including phenoxy) is 8. The van der Waals surface area contributed by atoms with Gasteiger partial charge in [0, 0.05) is 28.8 Å². The van der Waals surface area contributed by atoms with Crippen LogP contribution in [0.2, 0.25) is 5.02 Å². The summed E-state index contributed by atoms with van der Waals surface area (Å²) in [5, 5.41) is 0.654. The molecule has 0 aliphatic carbocycles. The number of hydrogen-bond acceptors (Lipinski definition) is 8. The van der Waals surface area contributed by atoms with Crippen LogP contribution in [0.1, 0.15) is 47.9 Å². The van der Waals surface area contributed by atoms with Crippen molar-refractivity contribution in [1.82, 2.24) is 0 Å². The summed E-state index contributed by atoms with van der Waals surface area (Å²) in [4.78, 5) is 0. The van der Waals surface area contributed by atoms with Crippen LogP contribution >= 0.6 is 43.5 Å². The molecule has 1 saturated heterocycles. The topological polar surface area (TPSA) is 73.8 Å². The lowest BCUT2D eigenvalue weighted by molar-refractivity contribution is -0.328. The minimum Gasteiger partial charge on any atom is -0.497 e. The molecule has 4 unspecified atom stereocenters. The number of hydrogen-bond donors (Lipinski definition) is 0. The predicted molar refractivity (Wildman–Crippen MR) is 220 cm³/mol. The molecule has 0 bridgehead atoms. The average Bonchev–Trinajstić information content (AvgIpc) is 3.20. The molecule has 4 aromatic carbocycles. The second-order valence-electron chi connectivity index (χ2n) is 13.0. The van der Waals surface area contributed by atoms with E-state index in [1.165, 1.54) is 0 Å². The van der Waals surface area contributed by atoms with E-state index in [-0.39, 0.29) is 13.2 Å². The minimum absolute atomic E-state index is 0.208. The minimum atomic E-state index is -0.773. The Balaban J connectivity index is 1.41. The first-order chi connectivity index (χ1) is 26.9. The summed E-state index contributed by atoms with van der Waals surface area (Å²) in [5.74, 6) is 0.769. The Morgan fingerprint density at radius 3 is 2.04 bits per heavy atom. The standard InChI is InChI=1S/C44H49Br2ClO8/c1-48-25-9-5-3-4-6-10-26-51-44-43(53-29-34-17-23-38(49-2)24-18-34)42(54-30-35-11-7-8-12-39(35)46)41(52-28-33-15-21-37(47)22-16-33)40(55-44)31-50-27-32-13-19-36(45)20-14-32/h3-4,7-8,11-13,15-19,21-24,40-44H,5-6,9-10,25-31H2,1-2H3/b4-3-/t40?,41?,42?,43?,44-/m1/s1. The molecule has 0 amide bonds. The van der Waals surface area contributed by atoms with Gasteiger partial charge in [-0.15, -0.1) is 0 Å². The van der Waals surface area contributed by atoms with Gasteiger partial charge in [-0.05, 0) is 101 Å². The van der Waals surface area contributed by atoms with Gasteiger partial charge in [0.25, 0.3) is 0 Å². The molecule has 1 heterocycles. The average molecular weight is 901 g/mol. The first-order valence-corrected chi connectivity index (χ1v) is 20.4. The molecule has 294 valence electrons. The van der Waals surface area contributed by atoms with E-state index in [4.69, 9.17) is 49.5 Å². The van der Waals surface area contributed by atoms with Crippen LogP contribution in [0.15, 0.2) is 106 Å². The zero-order chi connectivity index (χ0) is 38.7. The number of methoxy groups -OCH3 is 2. The predicted octanol–water partition coefficient (Wildman–Crippen LogP) is 10.3. The van der Waals surface area contributed by atoms with Crippen LogP contribution in [0.5, 0.6) is 5.75 Å². The maximum absolute atomic E-state index is 6.86. The third kappa shape index (κ3) is 14.6. The lowest BCUT2D eigenvalue weighted by atomic mass is 9.97. The molecule has 5 atom stereocenters. The third-order valence-electron chi connectivity index (χ3n) is 8.93. The fraction of sp³-hybridized carbons (Fsp3) is 0.409. The molecular formula is C44H49Br2ClO8. The van der Waals surface area contributed by atoms with E-state index in [0.29, 0.717) is 31.5 Å². The maximum Gasteiger partial charge on any atom is 0.186 e. The number of benzene rings is 3. The summed E-state index contributed by atoms with van der Waals surface area (Å²) in [5.41, 5.74) is 3.78. The Labute approximate surface area is 347 Å². The SMILES string of the molecule is COCCC/C=C\CCCO[C@@H]1OC(COCc2c#cc(Br)cc2)C(OCc2ccc(Cl)cc2)C(OCc2ccccc2Br)C1OCc1ccc(OC)cc1. The van der Waals surface area contributed by atoms with Gasteiger partial charge in [0.05, 0.1) is 51.2 Å².